The van der Waals surface area contributed by atoms with Gasteiger partial charge in [-0.05, 0) is 48.4 Å². The predicted molar refractivity (Wildman–Crippen MR) is 124 cm³/mol. The van der Waals surface area contributed by atoms with Crippen LogP contribution in [0.15, 0.2) is 83.9 Å². The number of likely N-dealkylation sites (N-methyl/N-ethyl adjacent to an activating group) is 1. The number of amides is 1. The number of sulfonamides is 1. The van der Waals surface area contributed by atoms with E-state index in [0.717, 1.165) is 11.3 Å². The fourth-order valence-corrected chi connectivity index (χ4v) is 4.47. The Labute approximate surface area is 188 Å². The van der Waals surface area contributed by atoms with Crippen molar-refractivity contribution in [2.75, 3.05) is 19.3 Å². The molecule has 0 aliphatic carbocycles. The molecule has 2 aromatic carbocycles. The van der Waals surface area contributed by atoms with Crippen LogP contribution in [0.2, 0.25) is 0 Å². The lowest BCUT2D eigenvalue weighted by atomic mass is 10.1. The summed E-state index contributed by atoms with van der Waals surface area (Å²) in [5, 5.41) is 0. The third-order valence-electron chi connectivity index (χ3n) is 5.13. The molecule has 0 bridgehead atoms. The van der Waals surface area contributed by atoms with Gasteiger partial charge in [-0.1, -0.05) is 36.4 Å². The van der Waals surface area contributed by atoms with Crippen molar-refractivity contribution in [1.29, 1.82) is 0 Å². The van der Waals surface area contributed by atoms with E-state index < -0.39 is 22.0 Å². The number of nitrogen functional groups attached to an aromatic ring is 1. The first-order chi connectivity index (χ1) is 15.3. The monoisotopic (exact) mass is 453 g/mol. The van der Waals surface area contributed by atoms with Crippen LogP contribution >= 0.6 is 0 Å². The average molecular weight is 454 g/mol. The van der Waals surface area contributed by atoms with Gasteiger partial charge in [-0.25, -0.2) is 8.42 Å². The minimum atomic E-state index is -4.12. The van der Waals surface area contributed by atoms with Crippen LogP contribution in [0.5, 0.6) is 0 Å². The lowest BCUT2D eigenvalue weighted by Crippen LogP contribution is -2.54. The molecule has 3 rings (SSSR count). The number of hydrogen-bond acceptors (Lipinski definition) is 6. The second-order valence-corrected chi connectivity index (χ2v) is 9.28. The number of hydrogen-bond donors (Lipinski definition) is 2. The fraction of sp³-hybridized carbons (Fsp3) is 0.217. The number of anilines is 1. The maximum atomic E-state index is 13.3. The molecule has 0 unspecified atom stereocenters. The van der Waals surface area contributed by atoms with Gasteiger partial charge in [0.15, 0.2) is 0 Å². The topological polar surface area (TPSA) is 123 Å². The molecule has 4 N–H and O–H groups in total. The van der Waals surface area contributed by atoms with E-state index in [9.17, 15) is 13.2 Å². The number of aromatic nitrogens is 1. The molecule has 32 heavy (non-hydrogen) atoms. The molecule has 0 saturated heterocycles. The SMILES string of the molecule is CN(CCc1ccccn1)C(=O)[C@H](Cc1ccccc1)N(N)S(=O)(=O)c1ccc(N)cc1. The van der Waals surface area contributed by atoms with Gasteiger partial charge in [-0.15, -0.1) is 4.41 Å². The van der Waals surface area contributed by atoms with E-state index in [-0.39, 0.29) is 11.3 Å². The van der Waals surface area contributed by atoms with Gasteiger partial charge in [-0.2, -0.15) is 0 Å². The van der Waals surface area contributed by atoms with Crippen LogP contribution in [0.1, 0.15) is 11.3 Å². The molecular formula is C23H27N5O3S. The molecule has 3 aromatic rings. The van der Waals surface area contributed by atoms with Crippen molar-refractivity contribution >= 4 is 21.6 Å². The number of carbonyl (C=O) groups is 1. The van der Waals surface area contributed by atoms with E-state index in [4.69, 9.17) is 11.6 Å². The van der Waals surface area contributed by atoms with E-state index >= 15 is 0 Å². The van der Waals surface area contributed by atoms with E-state index in [1.165, 1.54) is 29.2 Å². The lowest BCUT2D eigenvalue weighted by Gasteiger charge is -2.30. The zero-order chi connectivity index (χ0) is 23.1. The number of rotatable bonds is 9. The lowest BCUT2D eigenvalue weighted by molar-refractivity contribution is -0.134. The summed E-state index contributed by atoms with van der Waals surface area (Å²) in [7, 11) is -2.49. The zero-order valence-electron chi connectivity index (χ0n) is 17.8. The molecule has 0 saturated carbocycles. The van der Waals surface area contributed by atoms with Gasteiger partial charge >= 0.3 is 0 Å². The van der Waals surface area contributed by atoms with E-state index in [1.807, 2.05) is 48.5 Å². The summed E-state index contributed by atoms with van der Waals surface area (Å²) in [5.41, 5.74) is 7.74. The molecule has 0 fully saturated rings. The molecule has 0 aliphatic rings. The predicted octanol–water partition coefficient (Wildman–Crippen LogP) is 1.84. The van der Waals surface area contributed by atoms with Crippen molar-refractivity contribution in [2.24, 2.45) is 5.84 Å². The Morgan fingerprint density at radius 3 is 2.28 bits per heavy atom. The summed E-state index contributed by atoms with van der Waals surface area (Å²) in [6.45, 7) is 0.372. The fourth-order valence-electron chi connectivity index (χ4n) is 3.25. The molecule has 1 amide bonds. The normalized spacial score (nSPS) is 12.5. The van der Waals surface area contributed by atoms with Crippen LogP contribution in [0.4, 0.5) is 5.69 Å². The summed E-state index contributed by atoms with van der Waals surface area (Å²) in [4.78, 5) is 19.1. The van der Waals surface area contributed by atoms with Crippen LogP contribution in [0, 0.1) is 0 Å². The number of carbonyl (C=O) groups excluding carboxylic acids is 1. The molecule has 0 aliphatic heterocycles. The molecule has 1 heterocycles. The maximum Gasteiger partial charge on any atom is 0.256 e. The van der Waals surface area contributed by atoms with Gasteiger partial charge in [-0.3, -0.25) is 15.6 Å². The smallest absolute Gasteiger partial charge is 0.256 e. The highest BCUT2D eigenvalue weighted by atomic mass is 32.2. The largest absolute Gasteiger partial charge is 0.399 e. The van der Waals surface area contributed by atoms with E-state index in [2.05, 4.69) is 4.98 Å². The van der Waals surface area contributed by atoms with Gasteiger partial charge in [0, 0.05) is 37.6 Å². The number of benzene rings is 2. The quantitative estimate of drug-likeness (QED) is 0.290. The molecule has 1 atom stereocenters. The molecule has 1 aromatic heterocycles. The molecule has 168 valence electrons. The first kappa shape index (κ1) is 23.4. The summed E-state index contributed by atoms with van der Waals surface area (Å²) in [5.74, 6) is 5.72. The van der Waals surface area contributed by atoms with Crippen molar-refractivity contribution in [3.05, 3.63) is 90.3 Å². The summed E-state index contributed by atoms with van der Waals surface area (Å²) >= 11 is 0. The molecule has 9 heteroatoms. The first-order valence-electron chi connectivity index (χ1n) is 10.1. The maximum absolute atomic E-state index is 13.3. The highest BCUT2D eigenvalue weighted by molar-refractivity contribution is 7.89. The molecular weight excluding hydrogens is 426 g/mol. The van der Waals surface area contributed by atoms with Crippen molar-refractivity contribution in [2.45, 2.75) is 23.8 Å². The van der Waals surface area contributed by atoms with Gasteiger partial charge in [0.05, 0.1) is 4.90 Å². The third-order valence-corrected chi connectivity index (χ3v) is 6.80. The van der Waals surface area contributed by atoms with Crippen LogP contribution < -0.4 is 11.6 Å². The van der Waals surface area contributed by atoms with Crippen molar-refractivity contribution in [1.82, 2.24) is 14.3 Å². The van der Waals surface area contributed by atoms with Gasteiger partial charge < -0.3 is 10.6 Å². The van der Waals surface area contributed by atoms with Crippen molar-refractivity contribution < 1.29 is 13.2 Å². The third kappa shape index (κ3) is 5.70. The Morgan fingerprint density at radius 1 is 1.00 bits per heavy atom. The second kappa shape index (κ2) is 10.4. The minimum Gasteiger partial charge on any atom is -0.399 e. The Balaban J connectivity index is 1.85. The van der Waals surface area contributed by atoms with Crippen LogP contribution in [0.3, 0.4) is 0 Å². The first-order valence-corrected chi connectivity index (χ1v) is 11.6. The number of nitrogens with two attached hydrogens (primary N) is 2. The number of nitrogens with zero attached hydrogens (tertiary/aromatic N) is 3. The Hall–Kier alpha value is -3.27. The van der Waals surface area contributed by atoms with Gasteiger partial charge in [0.25, 0.3) is 10.0 Å². The van der Waals surface area contributed by atoms with Crippen molar-refractivity contribution in [3.8, 4) is 0 Å². The second-order valence-electron chi connectivity index (χ2n) is 7.44. The summed E-state index contributed by atoms with van der Waals surface area (Å²) in [6, 6.07) is 19.3. The number of hydrazine groups is 1. The standard InChI is InChI=1S/C23H27N5O3S/c1-27(16-14-20-9-5-6-15-26-20)23(29)22(17-18-7-3-2-4-8-18)28(25)32(30,31)21-12-10-19(24)11-13-21/h2-13,15,22H,14,16-17,24-25H2,1H3/t22-/m0/s1. The molecule has 0 spiro atoms. The Morgan fingerprint density at radius 2 is 1.66 bits per heavy atom. The van der Waals surface area contributed by atoms with Crippen LogP contribution in [-0.4, -0.2) is 48.3 Å². The van der Waals surface area contributed by atoms with E-state index in [0.29, 0.717) is 23.1 Å². The van der Waals surface area contributed by atoms with E-state index in [1.54, 1.807) is 13.2 Å². The van der Waals surface area contributed by atoms with Gasteiger partial charge in [0.2, 0.25) is 5.91 Å². The van der Waals surface area contributed by atoms with Gasteiger partial charge in [0.1, 0.15) is 6.04 Å². The van der Waals surface area contributed by atoms with Crippen LogP contribution in [-0.2, 0) is 27.7 Å². The molecule has 8 nitrogen and oxygen atoms in total. The molecule has 0 radical (unpaired) electrons. The zero-order valence-corrected chi connectivity index (χ0v) is 18.7. The average Bonchev–Trinajstić information content (AvgIpc) is 2.81. The Bertz CT molecular complexity index is 1120. The summed E-state index contributed by atoms with van der Waals surface area (Å²) < 4.78 is 27.0. The minimum absolute atomic E-state index is 0.0313. The highest BCUT2D eigenvalue weighted by Crippen LogP contribution is 2.20. The summed E-state index contributed by atoms with van der Waals surface area (Å²) in [6.07, 6.45) is 2.37. The van der Waals surface area contributed by atoms with Crippen LogP contribution in [0.25, 0.3) is 0 Å². The van der Waals surface area contributed by atoms with Crippen molar-refractivity contribution in [3.63, 3.8) is 0 Å². The Kier molecular flexibility index (Phi) is 7.57. The highest BCUT2D eigenvalue weighted by Gasteiger charge is 2.35. The number of pyridine rings is 1.